The van der Waals surface area contributed by atoms with Crippen molar-refractivity contribution in [3.05, 3.63) is 143 Å². The molecule has 2 aromatic heterocycles. The number of anilines is 2. The van der Waals surface area contributed by atoms with Gasteiger partial charge in [0.05, 0.1) is 11.0 Å². The van der Waals surface area contributed by atoms with Crippen LogP contribution in [0.4, 0.5) is 11.4 Å². The van der Waals surface area contributed by atoms with Crippen molar-refractivity contribution < 1.29 is 0 Å². The number of benzene rings is 4. The molecule has 0 saturated carbocycles. The van der Waals surface area contributed by atoms with Crippen molar-refractivity contribution in [3.8, 4) is 0 Å². The minimum Gasteiger partial charge on any atom is -0.384 e. The van der Waals surface area contributed by atoms with Crippen molar-refractivity contribution in [2.24, 2.45) is 0 Å². The Morgan fingerprint density at radius 2 is 0.900 bits per heavy atom. The molecule has 0 amide bonds. The number of aromatic nitrogens is 2. The van der Waals surface area contributed by atoms with Crippen LogP contribution in [-0.4, -0.2) is 59.0 Å². The van der Waals surface area contributed by atoms with Crippen LogP contribution in [0.5, 0.6) is 0 Å². The topological polar surface area (TPSA) is 56.3 Å². The molecule has 0 aliphatic rings. The van der Waals surface area contributed by atoms with Crippen molar-refractivity contribution in [1.29, 1.82) is 0 Å². The number of nitrogens with one attached hydrogen (secondary N) is 2. The summed E-state index contributed by atoms with van der Waals surface area (Å²) >= 11 is 12.4. The Kier molecular flexibility index (Phi) is 13.3. The molecule has 0 bridgehead atoms. The molecule has 6 aromatic rings. The van der Waals surface area contributed by atoms with Gasteiger partial charge in [-0.1, -0.05) is 83.9 Å². The molecule has 4 aromatic carbocycles. The molecule has 0 atom stereocenters. The summed E-state index contributed by atoms with van der Waals surface area (Å²) in [5.41, 5.74) is 6.77. The number of unbranched alkanes of at least 4 members (excludes halogenated alkanes) is 1. The molecule has 8 heteroatoms. The van der Waals surface area contributed by atoms with Crippen LogP contribution in [0.1, 0.15) is 36.8 Å². The Bertz CT molecular complexity index is 1780. The van der Waals surface area contributed by atoms with Crippen LogP contribution in [0.25, 0.3) is 21.8 Å². The Morgan fingerprint density at radius 1 is 0.480 bits per heavy atom. The Balaban J connectivity index is 0.999. The van der Waals surface area contributed by atoms with E-state index in [0.717, 1.165) is 111 Å². The third-order valence-corrected chi connectivity index (χ3v) is 9.51. The van der Waals surface area contributed by atoms with E-state index in [2.05, 4.69) is 91.1 Å². The summed E-state index contributed by atoms with van der Waals surface area (Å²) in [6.45, 7) is 7.94. The van der Waals surface area contributed by atoms with Gasteiger partial charge in [0.2, 0.25) is 0 Å². The molecule has 0 saturated heterocycles. The number of halogens is 2. The van der Waals surface area contributed by atoms with E-state index in [1.807, 2.05) is 60.9 Å². The fourth-order valence-electron chi connectivity index (χ4n) is 6.50. The van der Waals surface area contributed by atoms with E-state index in [1.165, 1.54) is 11.1 Å². The highest BCUT2D eigenvalue weighted by Gasteiger charge is 2.11. The maximum absolute atomic E-state index is 6.20. The number of hydrogen-bond donors (Lipinski definition) is 2. The highest BCUT2D eigenvalue weighted by molar-refractivity contribution is 6.31. The fourth-order valence-corrected chi connectivity index (χ4v) is 6.83. The third-order valence-electron chi connectivity index (χ3n) is 9.04. The largest absolute Gasteiger partial charge is 0.384 e. The molecule has 2 heterocycles. The summed E-state index contributed by atoms with van der Waals surface area (Å²) in [5, 5.41) is 10.9. The van der Waals surface area contributed by atoms with Crippen LogP contribution in [0.2, 0.25) is 10.0 Å². The standard InChI is InChI=1S/C42H46Cl2N6/c43-35-15-17-37-39(19-23-47-41(37)29-35)45-21-9-27-49(31-33-11-3-1-4-12-33)25-7-8-26-50(32-34-13-5-2-6-14-34)28-10-22-46-40-20-24-48-42-30-36(44)16-18-38(40)42/h1-6,11-20,23-24,29-30H,7-10,21-22,25-28,31-32H2,(H,45,47)(H,46,48). The maximum atomic E-state index is 6.20. The van der Waals surface area contributed by atoms with Crippen LogP contribution in [0.3, 0.4) is 0 Å². The molecule has 258 valence electrons. The predicted molar refractivity (Wildman–Crippen MR) is 212 cm³/mol. The lowest BCUT2D eigenvalue weighted by Crippen LogP contribution is -2.29. The Hall–Kier alpha value is -4.20. The molecule has 0 unspecified atom stereocenters. The molecule has 6 nitrogen and oxygen atoms in total. The average molecular weight is 706 g/mol. The van der Waals surface area contributed by atoms with E-state index in [4.69, 9.17) is 23.2 Å². The highest BCUT2D eigenvalue weighted by atomic mass is 35.5. The molecule has 50 heavy (non-hydrogen) atoms. The zero-order valence-corrected chi connectivity index (χ0v) is 30.1. The van der Waals surface area contributed by atoms with Gasteiger partial charge in [-0.2, -0.15) is 0 Å². The molecule has 0 radical (unpaired) electrons. The van der Waals surface area contributed by atoms with E-state index in [-0.39, 0.29) is 0 Å². The lowest BCUT2D eigenvalue weighted by Gasteiger charge is -2.25. The molecule has 0 spiro atoms. The van der Waals surface area contributed by atoms with Gasteiger partial charge >= 0.3 is 0 Å². The molecule has 2 N–H and O–H groups in total. The Morgan fingerprint density at radius 3 is 1.34 bits per heavy atom. The van der Waals surface area contributed by atoms with Crippen LogP contribution in [0.15, 0.2) is 122 Å². The maximum Gasteiger partial charge on any atom is 0.0737 e. The smallest absolute Gasteiger partial charge is 0.0737 e. The first kappa shape index (κ1) is 35.6. The first-order chi connectivity index (χ1) is 24.6. The van der Waals surface area contributed by atoms with Gasteiger partial charge in [0.15, 0.2) is 0 Å². The summed E-state index contributed by atoms with van der Waals surface area (Å²) in [7, 11) is 0. The quantitative estimate of drug-likeness (QED) is 0.0819. The summed E-state index contributed by atoms with van der Waals surface area (Å²) in [5.74, 6) is 0. The summed E-state index contributed by atoms with van der Waals surface area (Å²) in [4.78, 5) is 14.2. The molecule has 0 aliphatic carbocycles. The van der Waals surface area contributed by atoms with Crippen LogP contribution in [-0.2, 0) is 13.1 Å². The first-order valence-corrected chi connectivity index (χ1v) is 18.5. The van der Waals surface area contributed by atoms with E-state index >= 15 is 0 Å². The van der Waals surface area contributed by atoms with Gasteiger partial charge in [-0.25, -0.2) is 0 Å². The number of hydrogen-bond acceptors (Lipinski definition) is 6. The number of fused-ring (bicyclic) bond motifs is 2. The minimum absolute atomic E-state index is 0.708. The lowest BCUT2D eigenvalue weighted by atomic mass is 10.1. The second kappa shape index (κ2) is 18.7. The van der Waals surface area contributed by atoms with Gasteiger partial charge in [0, 0.05) is 83.9 Å². The average Bonchev–Trinajstić information content (AvgIpc) is 3.14. The van der Waals surface area contributed by atoms with Crippen LogP contribution < -0.4 is 10.6 Å². The number of nitrogens with zero attached hydrogens (tertiary/aromatic N) is 4. The lowest BCUT2D eigenvalue weighted by molar-refractivity contribution is 0.231. The van der Waals surface area contributed by atoms with E-state index < -0.39 is 0 Å². The van der Waals surface area contributed by atoms with Crippen molar-refractivity contribution in [1.82, 2.24) is 19.8 Å². The monoisotopic (exact) mass is 704 g/mol. The fraction of sp³-hybridized carbons (Fsp3) is 0.286. The van der Waals surface area contributed by atoms with Gasteiger partial charge in [0.1, 0.15) is 0 Å². The van der Waals surface area contributed by atoms with Crippen molar-refractivity contribution in [2.75, 3.05) is 49.9 Å². The van der Waals surface area contributed by atoms with Crippen LogP contribution >= 0.6 is 23.2 Å². The van der Waals surface area contributed by atoms with Gasteiger partial charge < -0.3 is 10.6 Å². The van der Waals surface area contributed by atoms with Crippen molar-refractivity contribution in [2.45, 2.75) is 38.8 Å². The van der Waals surface area contributed by atoms with Crippen molar-refractivity contribution >= 4 is 56.4 Å². The van der Waals surface area contributed by atoms with Gasteiger partial charge in [0.25, 0.3) is 0 Å². The zero-order chi connectivity index (χ0) is 34.4. The van der Waals surface area contributed by atoms with Gasteiger partial charge in [-0.3, -0.25) is 19.8 Å². The van der Waals surface area contributed by atoms with Crippen LogP contribution in [0, 0.1) is 0 Å². The third kappa shape index (κ3) is 10.6. The second-order valence-corrected chi connectivity index (χ2v) is 13.7. The van der Waals surface area contributed by atoms with Gasteiger partial charge in [-0.05, 0) is 98.4 Å². The van der Waals surface area contributed by atoms with Crippen molar-refractivity contribution in [3.63, 3.8) is 0 Å². The van der Waals surface area contributed by atoms with E-state index in [9.17, 15) is 0 Å². The predicted octanol–water partition coefficient (Wildman–Crippen LogP) is 10.2. The minimum atomic E-state index is 0.708. The molecule has 0 fully saturated rings. The van der Waals surface area contributed by atoms with E-state index in [1.54, 1.807) is 0 Å². The summed E-state index contributed by atoms with van der Waals surface area (Å²) < 4.78 is 0. The number of rotatable bonds is 19. The van der Waals surface area contributed by atoms with Gasteiger partial charge in [-0.15, -0.1) is 0 Å². The Labute approximate surface area is 306 Å². The number of pyridine rings is 2. The normalized spacial score (nSPS) is 11.5. The molecule has 6 rings (SSSR count). The summed E-state index contributed by atoms with van der Waals surface area (Å²) in [6, 6.07) is 37.6. The second-order valence-electron chi connectivity index (χ2n) is 12.8. The zero-order valence-electron chi connectivity index (χ0n) is 28.6. The SMILES string of the molecule is Clc1ccc2c(NCCCN(CCCCN(CCCNc3ccnc4cc(Cl)ccc34)Cc3ccccc3)Cc3ccccc3)ccnc2c1. The van der Waals surface area contributed by atoms with E-state index in [0.29, 0.717) is 10.0 Å². The molecular weight excluding hydrogens is 659 g/mol. The highest BCUT2D eigenvalue weighted by Crippen LogP contribution is 2.25. The summed E-state index contributed by atoms with van der Waals surface area (Å²) in [6.07, 6.45) is 8.12. The first-order valence-electron chi connectivity index (χ1n) is 17.7. The molecule has 0 aliphatic heterocycles. The molecular formula is C42H46Cl2N6.